The molecule has 3 aliphatic rings. The van der Waals surface area contributed by atoms with Crippen LogP contribution in [-0.4, -0.2) is 71.8 Å². The van der Waals surface area contributed by atoms with Crippen molar-refractivity contribution >= 4 is 11.8 Å². The number of piperidine rings is 2. The first kappa shape index (κ1) is 17.7. The van der Waals surface area contributed by atoms with Gasteiger partial charge in [0.15, 0.2) is 0 Å². The van der Waals surface area contributed by atoms with E-state index in [0.29, 0.717) is 18.5 Å². The summed E-state index contributed by atoms with van der Waals surface area (Å²) in [5.41, 5.74) is 0. The largest absolute Gasteiger partial charge is 0.342 e. The minimum Gasteiger partial charge on any atom is -0.342 e. The maximum atomic E-state index is 12.6. The van der Waals surface area contributed by atoms with E-state index < -0.39 is 0 Å². The highest BCUT2D eigenvalue weighted by Gasteiger charge is 2.32. The lowest BCUT2D eigenvalue weighted by atomic mass is 9.95. The Morgan fingerprint density at radius 2 is 1.50 bits per heavy atom. The Kier molecular flexibility index (Phi) is 6.14. The lowest BCUT2D eigenvalue weighted by molar-refractivity contribution is -0.141. The fourth-order valence-corrected chi connectivity index (χ4v) is 4.58. The van der Waals surface area contributed by atoms with Gasteiger partial charge in [-0.15, -0.1) is 0 Å². The van der Waals surface area contributed by atoms with E-state index in [9.17, 15) is 9.59 Å². The number of carbonyl (C=O) groups excluding carboxylic acids is 2. The van der Waals surface area contributed by atoms with Gasteiger partial charge in [0.05, 0.1) is 6.54 Å². The van der Waals surface area contributed by atoms with E-state index >= 15 is 0 Å². The molecule has 3 fully saturated rings. The summed E-state index contributed by atoms with van der Waals surface area (Å²) in [7, 11) is 0. The standard InChI is InChI=1S/C19H33N3O2/c1-2-17-7-3-4-12-22(17)15-18(23)20-13-8-16(9-14-20)19(24)21-10-5-6-11-21/h16-17H,2-15H2,1H3. The molecule has 0 spiro atoms. The van der Waals surface area contributed by atoms with Crippen molar-refractivity contribution in [2.45, 2.75) is 64.3 Å². The molecule has 136 valence electrons. The Morgan fingerprint density at radius 3 is 2.17 bits per heavy atom. The van der Waals surface area contributed by atoms with Crippen molar-refractivity contribution in [3.8, 4) is 0 Å². The molecule has 3 rings (SSSR count). The molecule has 2 amide bonds. The van der Waals surface area contributed by atoms with Gasteiger partial charge in [0, 0.05) is 38.1 Å². The van der Waals surface area contributed by atoms with Crippen molar-refractivity contribution in [3.63, 3.8) is 0 Å². The molecule has 0 aliphatic carbocycles. The van der Waals surface area contributed by atoms with Gasteiger partial charge in [0.25, 0.3) is 0 Å². The second-order valence-corrected chi connectivity index (χ2v) is 7.72. The smallest absolute Gasteiger partial charge is 0.236 e. The maximum absolute atomic E-state index is 12.6. The molecule has 0 N–H and O–H groups in total. The quantitative estimate of drug-likeness (QED) is 0.790. The van der Waals surface area contributed by atoms with Crippen molar-refractivity contribution < 1.29 is 9.59 Å². The Morgan fingerprint density at radius 1 is 0.833 bits per heavy atom. The summed E-state index contributed by atoms with van der Waals surface area (Å²) in [5.74, 6) is 0.745. The van der Waals surface area contributed by atoms with Crippen molar-refractivity contribution in [2.24, 2.45) is 5.92 Å². The summed E-state index contributed by atoms with van der Waals surface area (Å²) in [6.45, 7) is 7.25. The van der Waals surface area contributed by atoms with Crippen LogP contribution in [0.4, 0.5) is 0 Å². The van der Waals surface area contributed by atoms with Crippen molar-refractivity contribution in [1.82, 2.24) is 14.7 Å². The first-order valence-corrected chi connectivity index (χ1v) is 9.99. The van der Waals surface area contributed by atoms with Crippen LogP contribution in [0.5, 0.6) is 0 Å². The molecule has 0 bridgehead atoms. The first-order valence-electron chi connectivity index (χ1n) is 9.99. The number of likely N-dealkylation sites (tertiary alicyclic amines) is 3. The first-order chi connectivity index (χ1) is 11.7. The van der Waals surface area contributed by atoms with Gasteiger partial charge in [0.2, 0.25) is 11.8 Å². The van der Waals surface area contributed by atoms with Crippen LogP contribution in [0.15, 0.2) is 0 Å². The van der Waals surface area contributed by atoms with Crippen molar-refractivity contribution in [3.05, 3.63) is 0 Å². The number of hydrogen-bond donors (Lipinski definition) is 0. The van der Waals surface area contributed by atoms with Gasteiger partial charge in [-0.05, 0) is 51.5 Å². The van der Waals surface area contributed by atoms with Gasteiger partial charge in [-0.3, -0.25) is 14.5 Å². The predicted octanol–water partition coefficient (Wildman–Crippen LogP) is 2.11. The van der Waals surface area contributed by atoms with E-state index in [4.69, 9.17) is 0 Å². The van der Waals surface area contributed by atoms with Crippen LogP contribution in [0.3, 0.4) is 0 Å². The molecular weight excluding hydrogens is 302 g/mol. The zero-order chi connectivity index (χ0) is 16.9. The Hall–Kier alpha value is -1.10. The molecule has 24 heavy (non-hydrogen) atoms. The Labute approximate surface area is 146 Å². The molecule has 0 saturated carbocycles. The van der Waals surface area contributed by atoms with E-state index in [-0.39, 0.29) is 11.8 Å². The highest BCUT2D eigenvalue weighted by Crippen LogP contribution is 2.23. The predicted molar refractivity (Wildman–Crippen MR) is 94.6 cm³/mol. The molecule has 0 aromatic rings. The number of nitrogens with zero attached hydrogens (tertiary/aromatic N) is 3. The maximum Gasteiger partial charge on any atom is 0.236 e. The number of amides is 2. The van der Waals surface area contributed by atoms with Crippen LogP contribution in [-0.2, 0) is 9.59 Å². The third kappa shape index (κ3) is 4.11. The average molecular weight is 335 g/mol. The van der Waals surface area contributed by atoms with E-state index in [1.807, 2.05) is 9.80 Å². The van der Waals surface area contributed by atoms with Crippen LogP contribution < -0.4 is 0 Å². The Balaban J connectivity index is 1.45. The molecule has 3 saturated heterocycles. The minimum atomic E-state index is 0.144. The van der Waals surface area contributed by atoms with Crippen molar-refractivity contribution in [1.29, 1.82) is 0 Å². The molecule has 5 nitrogen and oxygen atoms in total. The van der Waals surface area contributed by atoms with E-state index in [1.54, 1.807) is 0 Å². The second kappa shape index (κ2) is 8.32. The summed E-state index contributed by atoms with van der Waals surface area (Å²) < 4.78 is 0. The van der Waals surface area contributed by atoms with E-state index in [0.717, 1.165) is 64.8 Å². The molecular formula is C19H33N3O2. The van der Waals surface area contributed by atoms with Crippen LogP contribution in [0.25, 0.3) is 0 Å². The lowest BCUT2D eigenvalue weighted by Gasteiger charge is -2.38. The summed E-state index contributed by atoms with van der Waals surface area (Å²) in [4.78, 5) is 31.5. The van der Waals surface area contributed by atoms with Crippen LogP contribution in [0.1, 0.15) is 58.3 Å². The highest BCUT2D eigenvalue weighted by atomic mass is 16.2. The SMILES string of the molecule is CCC1CCCCN1CC(=O)N1CCC(C(=O)N2CCCC2)CC1. The molecule has 5 heteroatoms. The topological polar surface area (TPSA) is 43.9 Å². The van der Waals surface area contributed by atoms with Crippen LogP contribution in [0.2, 0.25) is 0 Å². The van der Waals surface area contributed by atoms with Gasteiger partial charge in [-0.25, -0.2) is 0 Å². The van der Waals surface area contributed by atoms with E-state index in [2.05, 4.69) is 11.8 Å². The van der Waals surface area contributed by atoms with Gasteiger partial charge in [-0.2, -0.15) is 0 Å². The zero-order valence-corrected chi connectivity index (χ0v) is 15.2. The van der Waals surface area contributed by atoms with Crippen molar-refractivity contribution in [2.75, 3.05) is 39.3 Å². The number of carbonyl (C=O) groups is 2. The molecule has 1 unspecified atom stereocenters. The minimum absolute atomic E-state index is 0.144. The number of rotatable bonds is 4. The Bertz CT molecular complexity index is 440. The third-order valence-electron chi connectivity index (χ3n) is 6.17. The fourth-order valence-electron chi connectivity index (χ4n) is 4.58. The average Bonchev–Trinajstić information content (AvgIpc) is 3.16. The monoisotopic (exact) mass is 335 g/mol. The molecule has 3 aliphatic heterocycles. The summed E-state index contributed by atoms with van der Waals surface area (Å²) in [5, 5.41) is 0. The van der Waals surface area contributed by atoms with E-state index in [1.165, 1.54) is 19.3 Å². The lowest BCUT2D eigenvalue weighted by Crippen LogP contribution is -2.49. The fraction of sp³-hybridized carbons (Fsp3) is 0.895. The van der Waals surface area contributed by atoms with Gasteiger partial charge < -0.3 is 9.80 Å². The van der Waals surface area contributed by atoms with Gasteiger partial charge in [-0.1, -0.05) is 13.3 Å². The molecule has 0 aromatic heterocycles. The molecule has 3 heterocycles. The van der Waals surface area contributed by atoms with Crippen LogP contribution in [0, 0.1) is 5.92 Å². The summed E-state index contributed by atoms with van der Waals surface area (Å²) in [6.07, 6.45) is 8.88. The summed E-state index contributed by atoms with van der Waals surface area (Å²) in [6, 6.07) is 0.581. The molecule has 1 atom stereocenters. The number of hydrogen-bond acceptors (Lipinski definition) is 3. The zero-order valence-electron chi connectivity index (χ0n) is 15.2. The molecule has 0 aromatic carbocycles. The van der Waals surface area contributed by atoms with Gasteiger partial charge in [0.1, 0.15) is 0 Å². The van der Waals surface area contributed by atoms with Crippen LogP contribution >= 0.6 is 0 Å². The highest BCUT2D eigenvalue weighted by molar-refractivity contribution is 5.81. The normalized spacial score (nSPS) is 26.8. The summed E-state index contributed by atoms with van der Waals surface area (Å²) >= 11 is 0. The van der Waals surface area contributed by atoms with Gasteiger partial charge >= 0.3 is 0 Å². The third-order valence-corrected chi connectivity index (χ3v) is 6.17. The second-order valence-electron chi connectivity index (χ2n) is 7.72. The molecule has 0 radical (unpaired) electrons.